The second-order valence-corrected chi connectivity index (χ2v) is 7.93. The number of amides is 1. The molecule has 0 unspecified atom stereocenters. The number of anilines is 2. The van der Waals surface area contributed by atoms with Crippen LogP contribution >= 0.6 is 0 Å². The van der Waals surface area contributed by atoms with Crippen molar-refractivity contribution in [3.8, 4) is 11.8 Å². The molecule has 184 valence electrons. The molecular formula is C26H23F3N6O. The van der Waals surface area contributed by atoms with E-state index in [-0.39, 0.29) is 11.3 Å². The Morgan fingerprint density at radius 3 is 2.61 bits per heavy atom. The number of hydrogen-bond donors (Lipinski definition) is 2. The number of carbonyl (C=O) groups excluding carboxylic acids is 1. The molecule has 0 aliphatic carbocycles. The summed E-state index contributed by atoms with van der Waals surface area (Å²) in [5.41, 5.74) is 2.07. The van der Waals surface area contributed by atoms with Crippen LogP contribution in [-0.4, -0.2) is 32.2 Å². The average Bonchev–Trinajstić information content (AvgIpc) is 3.22. The van der Waals surface area contributed by atoms with Gasteiger partial charge >= 0.3 is 6.18 Å². The van der Waals surface area contributed by atoms with Gasteiger partial charge in [-0.15, -0.1) is 0 Å². The first-order valence-electron chi connectivity index (χ1n) is 11.3. The summed E-state index contributed by atoms with van der Waals surface area (Å²) in [5.74, 6) is 6.25. The first kappa shape index (κ1) is 24.7. The number of rotatable bonds is 5. The average molecular weight is 493 g/mol. The summed E-state index contributed by atoms with van der Waals surface area (Å²) in [6.45, 7) is 7.04. The summed E-state index contributed by atoms with van der Waals surface area (Å²) >= 11 is 0. The van der Waals surface area contributed by atoms with Crippen molar-refractivity contribution in [2.45, 2.75) is 33.5 Å². The van der Waals surface area contributed by atoms with Gasteiger partial charge in [0.1, 0.15) is 17.8 Å². The van der Waals surface area contributed by atoms with E-state index in [4.69, 9.17) is 0 Å². The van der Waals surface area contributed by atoms with Crippen LogP contribution in [0.25, 0.3) is 11.0 Å². The third-order valence-electron chi connectivity index (χ3n) is 5.44. The van der Waals surface area contributed by atoms with E-state index >= 15 is 0 Å². The van der Waals surface area contributed by atoms with Crippen molar-refractivity contribution >= 4 is 28.4 Å². The van der Waals surface area contributed by atoms with E-state index in [1.54, 1.807) is 22.9 Å². The van der Waals surface area contributed by atoms with Gasteiger partial charge in [0.05, 0.1) is 10.9 Å². The zero-order valence-corrected chi connectivity index (χ0v) is 19.9. The number of aromatic nitrogens is 4. The standard InChI is InChI=1S/C26H23F3N6O/c1-4-30-23-22-21(34-35(5-2)24(22)32-15-31-23)12-11-17-13-18(10-9-16(17)3)25(36)33-20-8-6-7-19(14-20)26(27,28)29/h6-10,13-15H,4-5H2,1-3H3,(H,33,36)(H,30,31,32). The first-order chi connectivity index (χ1) is 17.2. The number of carbonyl (C=O) groups is 1. The van der Waals surface area contributed by atoms with Crippen molar-refractivity contribution in [1.29, 1.82) is 0 Å². The number of nitrogens with one attached hydrogen (secondary N) is 2. The summed E-state index contributed by atoms with van der Waals surface area (Å²) in [6, 6.07) is 9.43. The minimum atomic E-state index is -4.50. The predicted molar refractivity (Wildman–Crippen MR) is 132 cm³/mol. The largest absolute Gasteiger partial charge is 0.416 e. The molecule has 2 N–H and O–H groups in total. The van der Waals surface area contributed by atoms with Crippen molar-refractivity contribution in [2.24, 2.45) is 0 Å². The van der Waals surface area contributed by atoms with Crippen molar-refractivity contribution in [2.75, 3.05) is 17.2 Å². The van der Waals surface area contributed by atoms with Crippen LogP contribution in [-0.2, 0) is 12.7 Å². The second-order valence-electron chi connectivity index (χ2n) is 7.93. The van der Waals surface area contributed by atoms with E-state index in [9.17, 15) is 18.0 Å². The Labute approximate surface area is 205 Å². The van der Waals surface area contributed by atoms with Gasteiger partial charge in [0, 0.05) is 29.9 Å². The fourth-order valence-electron chi connectivity index (χ4n) is 3.62. The van der Waals surface area contributed by atoms with Crippen LogP contribution in [0.3, 0.4) is 0 Å². The molecule has 36 heavy (non-hydrogen) atoms. The summed E-state index contributed by atoms with van der Waals surface area (Å²) in [4.78, 5) is 21.4. The van der Waals surface area contributed by atoms with E-state index in [1.807, 2.05) is 20.8 Å². The molecule has 0 aliphatic heterocycles. The fourth-order valence-corrected chi connectivity index (χ4v) is 3.62. The Bertz CT molecular complexity index is 1500. The highest BCUT2D eigenvalue weighted by Crippen LogP contribution is 2.31. The van der Waals surface area contributed by atoms with Crippen LogP contribution in [0, 0.1) is 18.8 Å². The Balaban J connectivity index is 1.66. The molecular weight excluding hydrogens is 469 g/mol. The number of nitrogens with zero attached hydrogens (tertiary/aromatic N) is 4. The molecule has 0 saturated carbocycles. The molecule has 0 spiro atoms. The summed E-state index contributed by atoms with van der Waals surface area (Å²) < 4.78 is 40.7. The van der Waals surface area contributed by atoms with Gasteiger partial charge in [0.15, 0.2) is 5.65 Å². The zero-order valence-electron chi connectivity index (χ0n) is 19.9. The molecule has 0 atom stereocenters. The maximum Gasteiger partial charge on any atom is 0.416 e. The molecule has 2 aromatic heterocycles. The van der Waals surface area contributed by atoms with E-state index in [0.29, 0.717) is 41.2 Å². The highest BCUT2D eigenvalue weighted by Gasteiger charge is 2.30. The van der Waals surface area contributed by atoms with E-state index < -0.39 is 17.6 Å². The predicted octanol–water partition coefficient (Wildman–Crippen LogP) is 5.26. The Hall–Kier alpha value is -4.39. The highest BCUT2D eigenvalue weighted by atomic mass is 19.4. The van der Waals surface area contributed by atoms with Crippen LogP contribution in [0.2, 0.25) is 0 Å². The first-order valence-corrected chi connectivity index (χ1v) is 11.3. The molecule has 2 heterocycles. The smallest absolute Gasteiger partial charge is 0.370 e. The van der Waals surface area contributed by atoms with Crippen molar-refractivity contribution in [3.05, 3.63) is 76.7 Å². The van der Waals surface area contributed by atoms with Gasteiger partial charge < -0.3 is 10.6 Å². The van der Waals surface area contributed by atoms with E-state index in [0.717, 1.165) is 17.7 Å². The van der Waals surface area contributed by atoms with Crippen molar-refractivity contribution in [1.82, 2.24) is 19.7 Å². The molecule has 7 nitrogen and oxygen atoms in total. The normalized spacial score (nSPS) is 11.2. The lowest BCUT2D eigenvalue weighted by Crippen LogP contribution is -2.13. The molecule has 1 amide bonds. The molecule has 2 aromatic carbocycles. The van der Waals surface area contributed by atoms with Gasteiger partial charge in [0.25, 0.3) is 5.91 Å². The molecule has 0 radical (unpaired) electrons. The molecule has 0 fully saturated rings. The quantitative estimate of drug-likeness (QED) is 0.372. The molecule has 0 bridgehead atoms. The lowest BCUT2D eigenvalue weighted by molar-refractivity contribution is -0.137. The number of halogens is 3. The molecule has 4 rings (SSSR count). The summed E-state index contributed by atoms with van der Waals surface area (Å²) in [7, 11) is 0. The Morgan fingerprint density at radius 1 is 1.08 bits per heavy atom. The van der Waals surface area contributed by atoms with Gasteiger partial charge in [-0.3, -0.25) is 4.79 Å². The fraction of sp³-hybridized carbons (Fsp3) is 0.231. The van der Waals surface area contributed by atoms with Gasteiger partial charge in [0.2, 0.25) is 0 Å². The van der Waals surface area contributed by atoms with Crippen molar-refractivity contribution in [3.63, 3.8) is 0 Å². The van der Waals surface area contributed by atoms with Crippen LogP contribution in [0.4, 0.5) is 24.7 Å². The highest BCUT2D eigenvalue weighted by molar-refractivity contribution is 6.04. The van der Waals surface area contributed by atoms with Gasteiger partial charge in [-0.1, -0.05) is 18.1 Å². The molecule has 0 aliphatic rings. The Kier molecular flexibility index (Phi) is 6.92. The monoisotopic (exact) mass is 492 g/mol. The SMILES string of the molecule is CCNc1ncnc2c1c(C#Cc1cc(C(=O)Nc3cccc(C(F)(F)F)c3)ccc1C)nn2CC. The van der Waals surface area contributed by atoms with Gasteiger partial charge in [-0.2, -0.15) is 18.3 Å². The second kappa shape index (κ2) is 10.1. The van der Waals surface area contributed by atoms with Crippen LogP contribution < -0.4 is 10.6 Å². The van der Waals surface area contributed by atoms with Gasteiger partial charge in [-0.05, 0) is 62.6 Å². The molecule has 4 aromatic rings. The third-order valence-corrected chi connectivity index (χ3v) is 5.44. The van der Waals surface area contributed by atoms with Crippen LogP contribution in [0.15, 0.2) is 48.8 Å². The Morgan fingerprint density at radius 2 is 1.89 bits per heavy atom. The number of hydrogen-bond acceptors (Lipinski definition) is 5. The minimum Gasteiger partial charge on any atom is -0.370 e. The maximum absolute atomic E-state index is 13.0. The topological polar surface area (TPSA) is 84.7 Å². The zero-order chi connectivity index (χ0) is 25.9. The molecule has 0 saturated heterocycles. The summed E-state index contributed by atoms with van der Waals surface area (Å²) in [5, 5.41) is 11.0. The van der Waals surface area contributed by atoms with Crippen LogP contribution in [0.5, 0.6) is 0 Å². The summed E-state index contributed by atoms with van der Waals surface area (Å²) in [6.07, 6.45) is -3.03. The lowest BCUT2D eigenvalue weighted by atomic mass is 10.0. The number of fused-ring (bicyclic) bond motifs is 1. The third kappa shape index (κ3) is 5.15. The van der Waals surface area contributed by atoms with Crippen molar-refractivity contribution < 1.29 is 18.0 Å². The number of benzene rings is 2. The van der Waals surface area contributed by atoms with Crippen LogP contribution in [0.1, 0.15) is 46.6 Å². The lowest BCUT2D eigenvalue weighted by Gasteiger charge is -2.10. The number of aryl methyl sites for hydroxylation is 2. The minimum absolute atomic E-state index is 0.0514. The molecule has 10 heteroatoms. The number of alkyl halides is 3. The maximum atomic E-state index is 13.0. The van der Waals surface area contributed by atoms with E-state index in [2.05, 4.69) is 37.5 Å². The van der Waals surface area contributed by atoms with Gasteiger partial charge in [-0.25, -0.2) is 14.6 Å². The van der Waals surface area contributed by atoms with E-state index in [1.165, 1.54) is 18.5 Å².